The van der Waals surface area contributed by atoms with Gasteiger partial charge in [0.2, 0.25) is 17.6 Å². The SMILES string of the molecule is Cc1nc(-c2ccc3nc(NC(=O)[C@H]4CCN(C#N)C4)cn3c2)no1. The summed E-state index contributed by atoms with van der Waals surface area (Å²) in [5.74, 6) is 1.16. The van der Waals surface area contributed by atoms with Gasteiger partial charge >= 0.3 is 0 Å². The Morgan fingerprint density at radius 3 is 3.00 bits per heavy atom. The van der Waals surface area contributed by atoms with Gasteiger partial charge in [-0.15, -0.1) is 0 Å². The van der Waals surface area contributed by atoms with Gasteiger partial charge in [0, 0.05) is 31.8 Å². The van der Waals surface area contributed by atoms with E-state index in [2.05, 4.69) is 26.6 Å². The van der Waals surface area contributed by atoms with Crippen molar-refractivity contribution in [2.75, 3.05) is 18.4 Å². The van der Waals surface area contributed by atoms with Gasteiger partial charge in [0.1, 0.15) is 5.65 Å². The number of likely N-dealkylation sites (tertiary alicyclic amines) is 1. The van der Waals surface area contributed by atoms with Crippen molar-refractivity contribution in [3.63, 3.8) is 0 Å². The van der Waals surface area contributed by atoms with Crippen LogP contribution in [0.2, 0.25) is 0 Å². The number of imidazole rings is 1. The van der Waals surface area contributed by atoms with Crippen LogP contribution in [-0.4, -0.2) is 43.4 Å². The van der Waals surface area contributed by atoms with E-state index >= 15 is 0 Å². The Kier molecular flexibility index (Phi) is 3.57. The first kappa shape index (κ1) is 15.1. The second kappa shape index (κ2) is 5.90. The molecule has 1 atom stereocenters. The highest BCUT2D eigenvalue weighted by molar-refractivity contribution is 5.92. The van der Waals surface area contributed by atoms with Crippen LogP contribution < -0.4 is 5.32 Å². The molecular weight excluding hydrogens is 322 g/mol. The van der Waals surface area contributed by atoms with Gasteiger partial charge in [-0.1, -0.05) is 5.16 Å². The Morgan fingerprint density at radius 1 is 1.40 bits per heavy atom. The quantitative estimate of drug-likeness (QED) is 0.719. The van der Waals surface area contributed by atoms with Crippen molar-refractivity contribution in [3.05, 3.63) is 30.4 Å². The number of hydrogen-bond acceptors (Lipinski definition) is 7. The lowest BCUT2D eigenvalue weighted by atomic mass is 10.1. The van der Waals surface area contributed by atoms with Crippen molar-refractivity contribution in [2.24, 2.45) is 5.92 Å². The summed E-state index contributed by atoms with van der Waals surface area (Å²) in [5.41, 5.74) is 1.49. The minimum Gasteiger partial charge on any atom is -0.339 e. The molecule has 1 aliphatic rings. The third-order valence-electron chi connectivity index (χ3n) is 4.19. The summed E-state index contributed by atoms with van der Waals surface area (Å²) in [6.07, 6.45) is 6.31. The summed E-state index contributed by atoms with van der Waals surface area (Å²) in [5, 5.41) is 15.6. The number of aryl methyl sites for hydroxylation is 1. The third-order valence-corrected chi connectivity index (χ3v) is 4.19. The molecule has 0 aliphatic carbocycles. The Morgan fingerprint density at radius 2 is 2.28 bits per heavy atom. The molecule has 0 radical (unpaired) electrons. The van der Waals surface area contributed by atoms with Crippen molar-refractivity contribution in [2.45, 2.75) is 13.3 Å². The van der Waals surface area contributed by atoms with Crippen LogP contribution in [0.1, 0.15) is 12.3 Å². The summed E-state index contributed by atoms with van der Waals surface area (Å²) in [7, 11) is 0. The maximum atomic E-state index is 12.3. The monoisotopic (exact) mass is 337 g/mol. The van der Waals surface area contributed by atoms with E-state index in [1.807, 2.05) is 18.3 Å². The van der Waals surface area contributed by atoms with Crippen molar-refractivity contribution in [3.8, 4) is 17.6 Å². The van der Waals surface area contributed by atoms with Gasteiger partial charge < -0.3 is 19.1 Å². The van der Waals surface area contributed by atoms with Crippen LogP contribution >= 0.6 is 0 Å². The van der Waals surface area contributed by atoms with Gasteiger partial charge in [0.25, 0.3) is 0 Å². The molecule has 1 amide bonds. The van der Waals surface area contributed by atoms with Gasteiger partial charge in [0.05, 0.1) is 12.1 Å². The smallest absolute Gasteiger partial charge is 0.230 e. The number of carbonyl (C=O) groups is 1. The first-order valence-corrected chi connectivity index (χ1v) is 7.87. The van der Waals surface area contributed by atoms with Gasteiger partial charge in [-0.2, -0.15) is 10.2 Å². The number of aromatic nitrogens is 4. The molecule has 25 heavy (non-hydrogen) atoms. The lowest BCUT2D eigenvalue weighted by Crippen LogP contribution is -2.25. The van der Waals surface area contributed by atoms with Crippen LogP contribution in [0.4, 0.5) is 5.82 Å². The first-order valence-electron chi connectivity index (χ1n) is 7.87. The fraction of sp³-hybridized carbons (Fsp3) is 0.312. The van der Waals surface area contributed by atoms with E-state index < -0.39 is 0 Å². The fourth-order valence-corrected chi connectivity index (χ4v) is 2.89. The van der Waals surface area contributed by atoms with Crippen molar-refractivity contribution in [1.29, 1.82) is 5.26 Å². The highest BCUT2D eigenvalue weighted by atomic mass is 16.5. The molecule has 1 saturated heterocycles. The number of nitrogens with zero attached hydrogens (tertiary/aromatic N) is 6. The number of fused-ring (bicyclic) bond motifs is 1. The Hall–Kier alpha value is -3.41. The molecule has 1 N–H and O–H groups in total. The Bertz CT molecular complexity index is 984. The summed E-state index contributed by atoms with van der Waals surface area (Å²) >= 11 is 0. The molecule has 3 aromatic rings. The number of carbonyl (C=O) groups excluding carboxylic acids is 1. The van der Waals surface area contributed by atoms with Crippen LogP contribution in [0.3, 0.4) is 0 Å². The van der Waals surface area contributed by atoms with Crippen LogP contribution in [0, 0.1) is 24.3 Å². The van der Waals surface area contributed by atoms with E-state index in [0.29, 0.717) is 42.7 Å². The topological polar surface area (TPSA) is 112 Å². The zero-order valence-corrected chi connectivity index (χ0v) is 13.5. The van der Waals surface area contributed by atoms with Crippen LogP contribution in [0.25, 0.3) is 17.0 Å². The number of hydrogen-bond donors (Lipinski definition) is 1. The van der Waals surface area contributed by atoms with Crippen molar-refractivity contribution >= 4 is 17.4 Å². The molecule has 9 heteroatoms. The molecule has 1 aliphatic heterocycles. The molecule has 126 valence electrons. The van der Waals surface area contributed by atoms with E-state index in [1.54, 1.807) is 22.4 Å². The summed E-state index contributed by atoms with van der Waals surface area (Å²) in [6.45, 7) is 2.81. The largest absolute Gasteiger partial charge is 0.339 e. The molecule has 3 aromatic heterocycles. The summed E-state index contributed by atoms with van der Waals surface area (Å²) in [4.78, 5) is 22.5. The predicted octanol–water partition coefficient (Wildman–Crippen LogP) is 1.43. The van der Waals surface area contributed by atoms with Gasteiger partial charge in [-0.25, -0.2) is 4.98 Å². The van der Waals surface area contributed by atoms with Gasteiger partial charge in [0.15, 0.2) is 12.0 Å². The lowest BCUT2D eigenvalue weighted by molar-refractivity contribution is -0.119. The van der Waals surface area contributed by atoms with E-state index in [-0.39, 0.29) is 11.8 Å². The maximum absolute atomic E-state index is 12.3. The molecule has 0 spiro atoms. The van der Waals surface area contributed by atoms with Crippen LogP contribution in [-0.2, 0) is 4.79 Å². The number of amides is 1. The summed E-state index contributed by atoms with van der Waals surface area (Å²) in [6, 6.07) is 3.67. The number of nitriles is 1. The zero-order valence-electron chi connectivity index (χ0n) is 13.5. The molecule has 0 unspecified atom stereocenters. The second-order valence-electron chi connectivity index (χ2n) is 5.97. The zero-order chi connectivity index (χ0) is 17.4. The highest BCUT2D eigenvalue weighted by Gasteiger charge is 2.28. The number of rotatable bonds is 3. The number of nitrogens with one attached hydrogen (secondary N) is 1. The van der Waals surface area contributed by atoms with E-state index in [0.717, 1.165) is 5.56 Å². The number of anilines is 1. The maximum Gasteiger partial charge on any atom is 0.230 e. The standard InChI is InChI=1S/C16H15N7O2/c1-10-18-15(21-25-10)11-2-3-14-19-13(8-23(14)7-11)20-16(24)12-4-5-22(6-12)9-17/h2-3,7-8,12H,4-6H2,1H3,(H,20,24)/t12-/m0/s1. The molecular formula is C16H15N7O2. The summed E-state index contributed by atoms with van der Waals surface area (Å²) < 4.78 is 6.79. The Balaban J connectivity index is 1.53. The lowest BCUT2D eigenvalue weighted by Gasteiger charge is -2.08. The molecule has 0 bridgehead atoms. The number of pyridine rings is 1. The minimum absolute atomic E-state index is 0.116. The van der Waals surface area contributed by atoms with Gasteiger partial charge in [-0.05, 0) is 18.6 Å². The molecule has 0 saturated carbocycles. The van der Waals surface area contributed by atoms with Crippen LogP contribution in [0.5, 0.6) is 0 Å². The minimum atomic E-state index is -0.192. The van der Waals surface area contributed by atoms with E-state index in [9.17, 15) is 4.79 Å². The molecule has 4 heterocycles. The van der Waals surface area contributed by atoms with E-state index in [4.69, 9.17) is 9.78 Å². The third kappa shape index (κ3) is 2.89. The van der Waals surface area contributed by atoms with E-state index in [1.165, 1.54) is 0 Å². The normalized spacial score (nSPS) is 17.0. The average Bonchev–Trinajstić information content (AvgIpc) is 3.32. The highest BCUT2D eigenvalue weighted by Crippen LogP contribution is 2.20. The molecule has 4 rings (SSSR count). The predicted molar refractivity (Wildman–Crippen MR) is 87.1 cm³/mol. The van der Waals surface area contributed by atoms with Gasteiger partial charge in [-0.3, -0.25) is 4.79 Å². The first-order chi connectivity index (χ1) is 12.1. The van der Waals surface area contributed by atoms with Crippen LogP contribution in [0.15, 0.2) is 29.0 Å². The molecule has 9 nitrogen and oxygen atoms in total. The fourth-order valence-electron chi connectivity index (χ4n) is 2.89. The molecule has 1 fully saturated rings. The second-order valence-corrected chi connectivity index (χ2v) is 5.97. The average molecular weight is 337 g/mol. The molecule has 0 aromatic carbocycles. The van der Waals surface area contributed by atoms with Crippen molar-refractivity contribution < 1.29 is 9.32 Å². The Labute approximate surface area is 142 Å². The van der Waals surface area contributed by atoms with Crippen molar-refractivity contribution in [1.82, 2.24) is 24.4 Å².